The number of nitrogens with zero attached hydrogens (tertiary/aromatic N) is 1. The molecule has 0 atom stereocenters. The van der Waals surface area contributed by atoms with Crippen LogP contribution in [0.2, 0.25) is 18.1 Å². The lowest BCUT2D eigenvalue weighted by Crippen LogP contribution is -2.44. The molecule has 0 saturated heterocycles. The van der Waals surface area contributed by atoms with Crippen LogP contribution in [0.25, 0.3) is 0 Å². The van der Waals surface area contributed by atoms with Gasteiger partial charge in [-0.15, -0.1) is 0 Å². The second kappa shape index (κ2) is 6.84. The van der Waals surface area contributed by atoms with E-state index in [-0.39, 0.29) is 16.3 Å². The van der Waals surface area contributed by atoms with E-state index >= 15 is 0 Å². The van der Waals surface area contributed by atoms with Crippen LogP contribution in [0.4, 0.5) is 5.69 Å². The van der Waals surface area contributed by atoms with Crippen molar-refractivity contribution in [2.45, 2.75) is 45.8 Å². The number of rotatable bonds is 4. The molecule has 2 aromatic carbocycles. The Labute approximate surface area is 171 Å². The Balaban J connectivity index is 2.14. The van der Waals surface area contributed by atoms with Crippen LogP contribution in [0, 0.1) is 6.92 Å². The number of hydrogen-bond donors (Lipinski definition) is 1. The Kier molecular flexibility index (Phi) is 4.91. The van der Waals surface area contributed by atoms with E-state index in [1.54, 1.807) is 37.3 Å². The van der Waals surface area contributed by atoms with Gasteiger partial charge in [-0.25, -0.2) is 9.69 Å². The predicted molar refractivity (Wildman–Crippen MR) is 114 cm³/mol. The number of carboxylic acids is 1. The number of imide groups is 1. The van der Waals surface area contributed by atoms with Gasteiger partial charge in [0.15, 0.2) is 0 Å². The first-order chi connectivity index (χ1) is 13.3. The molecular weight excluding hydrogens is 386 g/mol. The molecule has 0 spiro atoms. The summed E-state index contributed by atoms with van der Waals surface area (Å²) in [5, 5.41) is 9.59. The van der Waals surface area contributed by atoms with E-state index < -0.39 is 26.1 Å². The summed E-state index contributed by atoms with van der Waals surface area (Å²) in [5.41, 5.74) is 1.30. The van der Waals surface area contributed by atoms with Crippen LogP contribution in [0.15, 0.2) is 36.4 Å². The molecule has 1 aliphatic heterocycles. The number of benzene rings is 2. The minimum Gasteiger partial charge on any atom is -0.543 e. The van der Waals surface area contributed by atoms with Crippen molar-refractivity contribution in [3.63, 3.8) is 0 Å². The fourth-order valence-electron chi connectivity index (χ4n) is 2.98. The minimum absolute atomic E-state index is 0.00719. The molecule has 0 fully saturated rings. The molecule has 0 unspecified atom stereocenters. The summed E-state index contributed by atoms with van der Waals surface area (Å²) in [6.07, 6.45) is 0. The molecule has 1 aliphatic rings. The second-order valence-corrected chi connectivity index (χ2v) is 13.5. The number of carboxylic acid groups (broad SMARTS) is 1. The summed E-state index contributed by atoms with van der Waals surface area (Å²) in [6, 6.07) is 9.53. The molecule has 1 heterocycles. The van der Waals surface area contributed by atoms with Crippen molar-refractivity contribution in [2.24, 2.45) is 0 Å². The maximum absolute atomic E-state index is 12.9. The molecule has 3 rings (SSSR count). The standard InChI is InChI=1S/C22H25NO5Si/c1-13-17(21(26)27)11-14(12-18(13)28-29(5,6)22(2,3)4)23-19(24)15-9-7-8-10-16(15)20(23)25/h7-12H,1-6H3,(H,26,27). The molecule has 2 aromatic rings. The molecule has 0 radical (unpaired) electrons. The lowest BCUT2D eigenvalue weighted by molar-refractivity contribution is 0.0694. The Bertz CT molecular complexity index is 1000. The van der Waals surface area contributed by atoms with Crippen LogP contribution in [-0.4, -0.2) is 31.2 Å². The lowest BCUT2D eigenvalue weighted by atomic mass is 10.1. The summed E-state index contributed by atoms with van der Waals surface area (Å²) in [7, 11) is -2.28. The minimum atomic E-state index is -2.28. The van der Waals surface area contributed by atoms with E-state index in [0.29, 0.717) is 22.4 Å². The van der Waals surface area contributed by atoms with E-state index in [2.05, 4.69) is 33.9 Å². The molecule has 7 heteroatoms. The predicted octanol–water partition coefficient (Wildman–Crippen LogP) is 4.88. The van der Waals surface area contributed by atoms with Crippen molar-refractivity contribution in [1.29, 1.82) is 0 Å². The molecule has 0 bridgehead atoms. The number of aromatic carboxylic acids is 1. The number of amides is 2. The van der Waals surface area contributed by atoms with Gasteiger partial charge in [0.2, 0.25) is 8.32 Å². The molecule has 0 aliphatic carbocycles. The topological polar surface area (TPSA) is 83.9 Å². The summed E-state index contributed by atoms with van der Waals surface area (Å²) in [6.45, 7) is 12.0. The number of anilines is 1. The first kappa shape index (κ1) is 20.8. The van der Waals surface area contributed by atoms with Crippen molar-refractivity contribution in [3.8, 4) is 5.75 Å². The fraction of sp³-hybridized carbons (Fsp3) is 0.318. The van der Waals surface area contributed by atoms with Crippen molar-refractivity contribution in [1.82, 2.24) is 0 Å². The summed E-state index contributed by atoms with van der Waals surface area (Å²) < 4.78 is 6.36. The van der Waals surface area contributed by atoms with Gasteiger partial charge in [-0.05, 0) is 43.3 Å². The third kappa shape index (κ3) is 3.46. The van der Waals surface area contributed by atoms with Crippen LogP contribution >= 0.6 is 0 Å². The SMILES string of the molecule is Cc1c(O[Si](C)(C)C(C)(C)C)cc(N2C(=O)c3ccccc3C2=O)cc1C(=O)O. The highest BCUT2D eigenvalue weighted by molar-refractivity contribution is 6.74. The normalized spacial score (nSPS) is 14.2. The molecule has 6 nitrogen and oxygen atoms in total. The van der Waals surface area contributed by atoms with Crippen LogP contribution < -0.4 is 9.33 Å². The van der Waals surface area contributed by atoms with Gasteiger partial charge < -0.3 is 9.53 Å². The largest absolute Gasteiger partial charge is 0.543 e. The van der Waals surface area contributed by atoms with Crippen LogP contribution in [0.5, 0.6) is 5.75 Å². The molecular formula is C22H25NO5Si. The quantitative estimate of drug-likeness (QED) is 0.573. The summed E-state index contributed by atoms with van der Waals surface area (Å²) in [4.78, 5) is 38.6. The van der Waals surface area contributed by atoms with Gasteiger partial charge in [0.05, 0.1) is 22.4 Å². The molecule has 2 amide bonds. The van der Waals surface area contributed by atoms with Gasteiger partial charge in [-0.1, -0.05) is 32.9 Å². The van der Waals surface area contributed by atoms with Crippen molar-refractivity contribution in [3.05, 3.63) is 58.7 Å². The third-order valence-electron chi connectivity index (χ3n) is 5.80. The highest BCUT2D eigenvalue weighted by atomic mass is 28.4. The van der Waals surface area contributed by atoms with Gasteiger partial charge in [0.25, 0.3) is 11.8 Å². The van der Waals surface area contributed by atoms with Crippen molar-refractivity contribution >= 4 is 31.8 Å². The van der Waals surface area contributed by atoms with E-state index in [1.807, 2.05) is 0 Å². The van der Waals surface area contributed by atoms with Crippen LogP contribution in [0.1, 0.15) is 57.4 Å². The molecule has 29 heavy (non-hydrogen) atoms. The zero-order chi connectivity index (χ0) is 21.7. The number of carbonyl (C=O) groups excluding carboxylic acids is 2. The number of fused-ring (bicyclic) bond motifs is 1. The van der Waals surface area contributed by atoms with Gasteiger partial charge in [0.1, 0.15) is 5.75 Å². The van der Waals surface area contributed by atoms with Crippen molar-refractivity contribution < 1.29 is 23.9 Å². The van der Waals surface area contributed by atoms with E-state index in [4.69, 9.17) is 4.43 Å². The molecule has 0 saturated carbocycles. The Morgan fingerprint density at radius 2 is 1.55 bits per heavy atom. The summed E-state index contributed by atoms with van der Waals surface area (Å²) >= 11 is 0. The zero-order valence-electron chi connectivity index (χ0n) is 17.5. The lowest BCUT2D eigenvalue weighted by Gasteiger charge is -2.37. The first-order valence-corrected chi connectivity index (χ1v) is 12.3. The van der Waals surface area contributed by atoms with E-state index in [1.165, 1.54) is 6.07 Å². The number of hydrogen-bond acceptors (Lipinski definition) is 4. The van der Waals surface area contributed by atoms with E-state index in [9.17, 15) is 19.5 Å². The van der Waals surface area contributed by atoms with Crippen LogP contribution in [0.3, 0.4) is 0 Å². The van der Waals surface area contributed by atoms with Gasteiger partial charge in [-0.2, -0.15) is 0 Å². The smallest absolute Gasteiger partial charge is 0.336 e. The zero-order valence-corrected chi connectivity index (χ0v) is 18.5. The Morgan fingerprint density at radius 3 is 2.00 bits per heavy atom. The maximum atomic E-state index is 12.9. The second-order valence-electron chi connectivity index (χ2n) is 8.78. The van der Waals surface area contributed by atoms with E-state index in [0.717, 1.165) is 4.90 Å². The monoisotopic (exact) mass is 411 g/mol. The molecule has 0 aromatic heterocycles. The highest BCUT2D eigenvalue weighted by Crippen LogP contribution is 2.40. The van der Waals surface area contributed by atoms with Gasteiger partial charge in [-0.3, -0.25) is 9.59 Å². The average Bonchev–Trinajstić information content (AvgIpc) is 2.87. The fourth-order valence-corrected chi connectivity index (χ4v) is 4.05. The number of carbonyl (C=O) groups is 3. The van der Waals surface area contributed by atoms with Crippen LogP contribution in [-0.2, 0) is 0 Å². The molecule has 152 valence electrons. The highest BCUT2D eigenvalue weighted by Gasteiger charge is 2.41. The Morgan fingerprint density at radius 1 is 1.03 bits per heavy atom. The Hall–Kier alpha value is -2.93. The first-order valence-electron chi connectivity index (χ1n) is 9.40. The van der Waals surface area contributed by atoms with Gasteiger partial charge in [0, 0.05) is 11.6 Å². The molecule has 1 N–H and O–H groups in total. The average molecular weight is 412 g/mol. The van der Waals surface area contributed by atoms with Crippen molar-refractivity contribution in [2.75, 3.05) is 4.90 Å². The van der Waals surface area contributed by atoms with Gasteiger partial charge >= 0.3 is 5.97 Å². The maximum Gasteiger partial charge on any atom is 0.336 e. The summed E-state index contributed by atoms with van der Waals surface area (Å²) in [5.74, 6) is -1.68. The third-order valence-corrected chi connectivity index (χ3v) is 10.1.